The standard InChI is InChI=1S/C27H38O2/c1-18(28)29-25-12-11-23-22-10-9-21-17-20(19-7-5-4-6-8-19)13-15-26(21,2)24(22)14-16-27(23,25)3/h4-8,20-25H,9-17H2,1-3H3/t20-,21+,22+,23-,24-,25+,26-,27-/m0/s1. The van der Waals surface area contributed by atoms with Gasteiger partial charge in [-0.2, -0.15) is 0 Å². The van der Waals surface area contributed by atoms with Crippen molar-refractivity contribution in [3.05, 3.63) is 35.9 Å². The Balaban J connectivity index is 1.35. The lowest BCUT2D eigenvalue weighted by Crippen LogP contribution is -2.54. The van der Waals surface area contributed by atoms with Crippen LogP contribution in [0.15, 0.2) is 30.3 Å². The molecule has 0 amide bonds. The number of hydrogen-bond acceptors (Lipinski definition) is 2. The number of carbonyl (C=O) groups excluding carboxylic acids is 1. The highest BCUT2D eigenvalue weighted by atomic mass is 16.5. The van der Waals surface area contributed by atoms with E-state index in [0.29, 0.717) is 5.41 Å². The molecule has 2 nitrogen and oxygen atoms in total. The molecule has 158 valence electrons. The second kappa shape index (κ2) is 7.13. The molecule has 4 aliphatic rings. The molecule has 0 spiro atoms. The van der Waals surface area contributed by atoms with Crippen LogP contribution in [0.25, 0.3) is 0 Å². The highest BCUT2D eigenvalue weighted by molar-refractivity contribution is 5.66. The van der Waals surface area contributed by atoms with Crippen LogP contribution in [0.3, 0.4) is 0 Å². The van der Waals surface area contributed by atoms with Gasteiger partial charge < -0.3 is 4.74 Å². The minimum absolute atomic E-state index is 0.0890. The van der Waals surface area contributed by atoms with Crippen molar-refractivity contribution in [1.29, 1.82) is 0 Å². The number of fused-ring (bicyclic) bond motifs is 5. The van der Waals surface area contributed by atoms with Gasteiger partial charge in [0.1, 0.15) is 6.10 Å². The second-order valence-electron chi connectivity index (χ2n) is 11.3. The molecule has 4 fully saturated rings. The fourth-order valence-electron chi connectivity index (χ4n) is 8.63. The van der Waals surface area contributed by atoms with Gasteiger partial charge in [0.05, 0.1) is 0 Å². The number of esters is 1. The van der Waals surface area contributed by atoms with Crippen LogP contribution in [-0.2, 0) is 9.53 Å². The molecule has 0 radical (unpaired) electrons. The van der Waals surface area contributed by atoms with Crippen LogP contribution in [0.1, 0.15) is 90.0 Å². The summed E-state index contributed by atoms with van der Waals surface area (Å²) in [5, 5.41) is 0. The minimum atomic E-state index is -0.0890. The zero-order chi connectivity index (χ0) is 20.2. The molecule has 0 bridgehead atoms. The van der Waals surface area contributed by atoms with Gasteiger partial charge in [0, 0.05) is 12.3 Å². The molecule has 0 aliphatic heterocycles. The molecule has 0 aromatic heterocycles. The van der Waals surface area contributed by atoms with Crippen LogP contribution in [0.4, 0.5) is 0 Å². The highest BCUT2D eigenvalue weighted by Crippen LogP contribution is 2.67. The summed E-state index contributed by atoms with van der Waals surface area (Å²) in [5.74, 6) is 4.05. The molecule has 2 heteroatoms. The number of ether oxygens (including phenoxy) is 1. The van der Waals surface area contributed by atoms with E-state index in [1.54, 1.807) is 12.5 Å². The Morgan fingerprint density at radius 1 is 0.897 bits per heavy atom. The Morgan fingerprint density at radius 2 is 1.62 bits per heavy atom. The van der Waals surface area contributed by atoms with Gasteiger partial charge in [-0.3, -0.25) is 4.79 Å². The maximum Gasteiger partial charge on any atom is 0.302 e. The molecule has 5 rings (SSSR count). The number of rotatable bonds is 2. The Morgan fingerprint density at radius 3 is 2.38 bits per heavy atom. The third-order valence-corrected chi connectivity index (χ3v) is 10.2. The summed E-state index contributed by atoms with van der Waals surface area (Å²) in [6.45, 7) is 6.67. The van der Waals surface area contributed by atoms with E-state index in [1.807, 2.05) is 0 Å². The first-order valence-corrected chi connectivity index (χ1v) is 12.1. The monoisotopic (exact) mass is 394 g/mol. The SMILES string of the molecule is CC(=O)O[C@@H]1CC[C@H]2[C@H]3CC[C@@H]4C[C@@H](c5ccccc5)CC[C@]4(C)[C@H]3CC[C@]12C. The predicted octanol–water partition coefficient (Wildman–Crippen LogP) is 6.74. The largest absolute Gasteiger partial charge is 0.462 e. The summed E-state index contributed by atoms with van der Waals surface area (Å²) < 4.78 is 5.82. The third kappa shape index (κ3) is 3.08. The van der Waals surface area contributed by atoms with Crippen LogP contribution in [0.5, 0.6) is 0 Å². The lowest BCUT2D eigenvalue weighted by atomic mass is 9.44. The summed E-state index contributed by atoms with van der Waals surface area (Å²) in [6.07, 6.45) is 12.1. The van der Waals surface area contributed by atoms with Crippen LogP contribution < -0.4 is 0 Å². The van der Waals surface area contributed by atoms with Crippen molar-refractivity contribution in [1.82, 2.24) is 0 Å². The van der Waals surface area contributed by atoms with Gasteiger partial charge in [0.15, 0.2) is 0 Å². The number of benzene rings is 1. The smallest absolute Gasteiger partial charge is 0.302 e. The molecule has 0 N–H and O–H groups in total. The molecule has 0 saturated heterocycles. The molecule has 0 heterocycles. The fraction of sp³-hybridized carbons (Fsp3) is 0.741. The first-order valence-electron chi connectivity index (χ1n) is 12.1. The van der Waals surface area contributed by atoms with Gasteiger partial charge in [0.2, 0.25) is 0 Å². The molecule has 29 heavy (non-hydrogen) atoms. The minimum Gasteiger partial charge on any atom is -0.462 e. The predicted molar refractivity (Wildman–Crippen MR) is 116 cm³/mol. The molecular weight excluding hydrogens is 356 g/mol. The van der Waals surface area contributed by atoms with Gasteiger partial charge in [0.25, 0.3) is 0 Å². The van der Waals surface area contributed by atoms with Crippen LogP contribution in [0.2, 0.25) is 0 Å². The van der Waals surface area contributed by atoms with Crippen LogP contribution >= 0.6 is 0 Å². The Bertz CT molecular complexity index is 757. The summed E-state index contributed by atoms with van der Waals surface area (Å²) in [7, 11) is 0. The zero-order valence-electron chi connectivity index (χ0n) is 18.5. The third-order valence-electron chi connectivity index (χ3n) is 10.2. The van der Waals surface area contributed by atoms with E-state index in [9.17, 15) is 4.79 Å². The van der Waals surface area contributed by atoms with E-state index in [0.717, 1.165) is 36.0 Å². The fourth-order valence-corrected chi connectivity index (χ4v) is 8.63. The average Bonchev–Trinajstić information content (AvgIpc) is 3.04. The normalized spacial score (nSPS) is 46.3. The van der Waals surface area contributed by atoms with Crippen molar-refractivity contribution in [3.8, 4) is 0 Å². The van der Waals surface area contributed by atoms with Crippen molar-refractivity contribution in [2.24, 2.45) is 34.5 Å². The maximum absolute atomic E-state index is 11.7. The average molecular weight is 395 g/mol. The van der Waals surface area contributed by atoms with E-state index in [-0.39, 0.29) is 17.5 Å². The van der Waals surface area contributed by atoms with Gasteiger partial charge >= 0.3 is 5.97 Å². The van der Waals surface area contributed by atoms with Crippen molar-refractivity contribution in [2.75, 3.05) is 0 Å². The summed E-state index contributed by atoms with van der Waals surface area (Å²) in [6, 6.07) is 11.3. The quantitative estimate of drug-likeness (QED) is 0.519. The lowest BCUT2D eigenvalue weighted by molar-refractivity contribution is -0.161. The maximum atomic E-state index is 11.7. The van der Waals surface area contributed by atoms with Gasteiger partial charge in [-0.25, -0.2) is 0 Å². The van der Waals surface area contributed by atoms with Gasteiger partial charge in [-0.15, -0.1) is 0 Å². The van der Waals surface area contributed by atoms with E-state index in [1.165, 1.54) is 51.4 Å². The first-order chi connectivity index (χ1) is 13.9. The highest BCUT2D eigenvalue weighted by Gasteiger charge is 2.61. The Labute approximate surface area is 176 Å². The number of carbonyl (C=O) groups is 1. The molecular formula is C27H38O2. The lowest BCUT2D eigenvalue weighted by Gasteiger charge is -2.61. The summed E-state index contributed by atoms with van der Waals surface area (Å²) >= 11 is 0. The molecule has 0 unspecified atom stereocenters. The molecule has 8 atom stereocenters. The van der Waals surface area contributed by atoms with Crippen LogP contribution in [0, 0.1) is 34.5 Å². The zero-order valence-corrected chi connectivity index (χ0v) is 18.5. The van der Waals surface area contributed by atoms with E-state index >= 15 is 0 Å². The van der Waals surface area contributed by atoms with E-state index in [2.05, 4.69) is 44.2 Å². The van der Waals surface area contributed by atoms with Crippen molar-refractivity contribution in [2.45, 2.75) is 90.6 Å². The molecule has 4 saturated carbocycles. The van der Waals surface area contributed by atoms with Crippen LogP contribution in [-0.4, -0.2) is 12.1 Å². The molecule has 1 aromatic carbocycles. The molecule has 1 aromatic rings. The topological polar surface area (TPSA) is 26.3 Å². The van der Waals surface area contributed by atoms with Crippen molar-refractivity contribution < 1.29 is 9.53 Å². The van der Waals surface area contributed by atoms with Gasteiger partial charge in [-0.1, -0.05) is 44.2 Å². The first kappa shape index (κ1) is 19.6. The molecule has 4 aliphatic carbocycles. The van der Waals surface area contributed by atoms with Crippen molar-refractivity contribution in [3.63, 3.8) is 0 Å². The second-order valence-corrected chi connectivity index (χ2v) is 11.3. The summed E-state index contributed by atoms with van der Waals surface area (Å²) in [5.41, 5.74) is 2.31. The van der Waals surface area contributed by atoms with Gasteiger partial charge in [-0.05, 0) is 98.4 Å². The van der Waals surface area contributed by atoms with E-state index < -0.39 is 0 Å². The summed E-state index contributed by atoms with van der Waals surface area (Å²) in [4.78, 5) is 11.7. The Hall–Kier alpha value is -1.31. The van der Waals surface area contributed by atoms with Crippen molar-refractivity contribution >= 4 is 5.97 Å². The van der Waals surface area contributed by atoms with E-state index in [4.69, 9.17) is 4.74 Å². The number of hydrogen-bond donors (Lipinski definition) is 0. The Kier molecular flexibility index (Phi) is 4.83.